The zero-order chi connectivity index (χ0) is 9.97. The summed E-state index contributed by atoms with van der Waals surface area (Å²) in [5.41, 5.74) is 3.94. The molecule has 2 heterocycles. The van der Waals surface area contributed by atoms with Crippen LogP contribution in [0.15, 0.2) is 12.5 Å². The van der Waals surface area contributed by atoms with Gasteiger partial charge in [0.25, 0.3) is 0 Å². The number of nitrogens with zero attached hydrogens (tertiary/aromatic N) is 2. The van der Waals surface area contributed by atoms with Crippen molar-refractivity contribution in [2.45, 2.75) is 12.5 Å². The predicted octanol–water partition coefficient (Wildman–Crippen LogP) is 0.678. The van der Waals surface area contributed by atoms with Crippen LogP contribution < -0.4 is 11.3 Å². The quantitative estimate of drug-likeness (QED) is 0.571. The molecular formula is C9H16N4S. The molecule has 78 valence electrons. The first-order chi connectivity index (χ1) is 6.81. The average Bonchev–Trinajstić information content (AvgIpc) is 2.79. The number of aryl methyl sites for hydroxylation is 1. The Hall–Kier alpha value is -0.520. The SMILES string of the molecule is Cn1cnc(C(NN)C2CCSC2)c1. The van der Waals surface area contributed by atoms with Crippen LogP contribution in [0.25, 0.3) is 0 Å². The average molecular weight is 212 g/mol. The van der Waals surface area contributed by atoms with Gasteiger partial charge < -0.3 is 4.57 Å². The molecule has 1 aliphatic rings. The van der Waals surface area contributed by atoms with E-state index < -0.39 is 0 Å². The fourth-order valence-corrected chi connectivity index (χ4v) is 3.17. The van der Waals surface area contributed by atoms with E-state index in [1.807, 2.05) is 35.9 Å². The van der Waals surface area contributed by atoms with Gasteiger partial charge in [-0.05, 0) is 23.8 Å². The van der Waals surface area contributed by atoms with E-state index in [1.54, 1.807) is 0 Å². The van der Waals surface area contributed by atoms with Crippen molar-refractivity contribution in [1.29, 1.82) is 0 Å². The standard InChI is InChI=1S/C9H16N4S/c1-13-4-8(11-6-13)9(12-10)7-2-3-14-5-7/h4,6-7,9,12H,2-3,5,10H2,1H3. The molecule has 1 aromatic heterocycles. The predicted molar refractivity (Wildman–Crippen MR) is 58.7 cm³/mol. The summed E-state index contributed by atoms with van der Waals surface area (Å²) in [5, 5.41) is 0. The molecule has 2 atom stereocenters. The largest absolute Gasteiger partial charge is 0.340 e. The Morgan fingerprint density at radius 3 is 3.14 bits per heavy atom. The molecule has 1 aromatic rings. The maximum atomic E-state index is 5.59. The van der Waals surface area contributed by atoms with Crippen LogP contribution in [0.1, 0.15) is 18.2 Å². The maximum Gasteiger partial charge on any atom is 0.0947 e. The molecule has 2 rings (SSSR count). The van der Waals surface area contributed by atoms with Crippen LogP contribution in [0.5, 0.6) is 0 Å². The summed E-state index contributed by atoms with van der Waals surface area (Å²) in [4.78, 5) is 4.34. The van der Waals surface area contributed by atoms with E-state index in [1.165, 1.54) is 17.9 Å². The van der Waals surface area contributed by atoms with Gasteiger partial charge in [-0.2, -0.15) is 11.8 Å². The van der Waals surface area contributed by atoms with Crippen LogP contribution in [-0.4, -0.2) is 21.1 Å². The van der Waals surface area contributed by atoms with Gasteiger partial charge in [0.05, 0.1) is 18.1 Å². The van der Waals surface area contributed by atoms with E-state index in [0.717, 1.165) is 5.69 Å². The highest BCUT2D eigenvalue weighted by Gasteiger charge is 2.27. The van der Waals surface area contributed by atoms with Gasteiger partial charge in [0.15, 0.2) is 0 Å². The van der Waals surface area contributed by atoms with E-state index in [4.69, 9.17) is 5.84 Å². The highest BCUT2D eigenvalue weighted by Crippen LogP contribution is 2.32. The molecule has 0 aliphatic carbocycles. The molecule has 0 spiro atoms. The van der Waals surface area contributed by atoms with Gasteiger partial charge in [0.2, 0.25) is 0 Å². The fourth-order valence-electron chi connectivity index (χ4n) is 1.87. The molecule has 0 bridgehead atoms. The summed E-state index contributed by atoms with van der Waals surface area (Å²) in [7, 11) is 1.98. The number of rotatable bonds is 3. The van der Waals surface area contributed by atoms with Crippen LogP contribution in [0.3, 0.4) is 0 Å². The smallest absolute Gasteiger partial charge is 0.0947 e. The Morgan fingerprint density at radius 2 is 2.64 bits per heavy atom. The van der Waals surface area contributed by atoms with E-state index >= 15 is 0 Å². The van der Waals surface area contributed by atoms with Gasteiger partial charge in [0.1, 0.15) is 0 Å². The number of aromatic nitrogens is 2. The molecule has 1 aliphatic heterocycles. The van der Waals surface area contributed by atoms with E-state index in [0.29, 0.717) is 5.92 Å². The number of nitrogens with one attached hydrogen (secondary N) is 1. The third kappa shape index (κ3) is 1.94. The lowest BCUT2D eigenvalue weighted by Crippen LogP contribution is -2.33. The van der Waals surface area contributed by atoms with Gasteiger partial charge in [-0.15, -0.1) is 0 Å². The van der Waals surface area contributed by atoms with Crippen LogP contribution >= 0.6 is 11.8 Å². The molecule has 4 nitrogen and oxygen atoms in total. The van der Waals surface area contributed by atoms with Gasteiger partial charge in [-0.25, -0.2) is 4.98 Å². The van der Waals surface area contributed by atoms with Crippen molar-refractivity contribution in [3.05, 3.63) is 18.2 Å². The topological polar surface area (TPSA) is 55.9 Å². The Labute approximate surface area is 88.2 Å². The van der Waals surface area contributed by atoms with E-state index in [2.05, 4.69) is 10.4 Å². The van der Waals surface area contributed by atoms with Gasteiger partial charge in [-0.1, -0.05) is 0 Å². The number of nitrogens with two attached hydrogens (primary N) is 1. The van der Waals surface area contributed by atoms with Crippen molar-refractivity contribution < 1.29 is 0 Å². The molecule has 0 saturated carbocycles. The minimum atomic E-state index is 0.214. The summed E-state index contributed by atoms with van der Waals surface area (Å²) in [6, 6.07) is 0.214. The molecule has 0 radical (unpaired) electrons. The molecule has 2 unspecified atom stereocenters. The third-order valence-corrected chi connectivity index (χ3v) is 3.85. The van der Waals surface area contributed by atoms with Crippen molar-refractivity contribution >= 4 is 11.8 Å². The maximum absolute atomic E-state index is 5.59. The monoisotopic (exact) mass is 212 g/mol. The highest BCUT2D eigenvalue weighted by atomic mass is 32.2. The zero-order valence-corrected chi connectivity index (χ0v) is 9.13. The number of hydrazine groups is 1. The van der Waals surface area contributed by atoms with Gasteiger partial charge in [-0.3, -0.25) is 11.3 Å². The molecule has 14 heavy (non-hydrogen) atoms. The lowest BCUT2D eigenvalue weighted by atomic mass is 9.97. The van der Waals surface area contributed by atoms with E-state index in [-0.39, 0.29) is 6.04 Å². The number of hydrogen-bond acceptors (Lipinski definition) is 4. The second-order valence-electron chi connectivity index (χ2n) is 3.73. The third-order valence-electron chi connectivity index (χ3n) is 2.66. The van der Waals surface area contributed by atoms with Gasteiger partial charge >= 0.3 is 0 Å². The number of hydrogen-bond donors (Lipinski definition) is 2. The van der Waals surface area contributed by atoms with Crippen molar-refractivity contribution in [3.63, 3.8) is 0 Å². The molecule has 3 N–H and O–H groups in total. The lowest BCUT2D eigenvalue weighted by Gasteiger charge is -2.19. The first-order valence-corrected chi connectivity index (χ1v) is 5.98. The number of thioether (sulfide) groups is 1. The second kappa shape index (κ2) is 4.33. The molecular weight excluding hydrogens is 196 g/mol. The van der Waals surface area contributed by atoms with Gasteiger partial charge in [0, 0.05) is 13.2 Å². The van der Waals surface area contributed by atoms with Crippen LogP contribution in [0, 0.1) is 5.92 Å². The molecule has 0 amide bonds. The van der Waals surface area contributed by atoms with Crippen LogP contribution in [-0.2, 0) is 7.05 Å². The summed E-state index contributed by atoms with van der Waals surface area (Å²) < 4.78 is 1.96. The highest BCUT2D eigenvalue weighted by molar-refractivity contribution is 7.99. The lowest BCUT2D eigenvalue weighted by molar-refractivity contribution is 0.393. The first kappa shape index (κ1) is 10.0. The Bertz CT molecular complexity index is 293. The Balaban J connectivity index is 2.12. The molecule has 5 heteroatoms. The van der Waals surface area contributed by atoms with Crippen molar-refractivity contribution in [1.82, 2.24) is 15.0 Å². The summed E-state index contributed by atoms with van der Waals surface area (Å²) in [6.45, 7) is 0. The zero-order valence-electron chi connectivity index (χ0n) is 8.31. The summed E-state index contributed by atoms with van der Waals surface area (Å²) in [5.74, 6) is 8.64. The Morgan fingerprint density at radius 1 is 1.79 bits per heavy atom. The Kier molecular flexibility index (Phi) is 3.10. The summed E-state index contributed by atoms with van der Waals surface area (Å²) >= 11 is 2.00. The van der Waals surface area contributed by atoms with Crippen LogP contribution in [0.4, 0.5) is 0 Å². The van der Waals surface area contributed by atoms with Crippen molar-refractivity contribution in [2.24, 2.45) is 18.8 Å². The van der Waals surface area contributed by atoms with Crippen molar-refractivity contribution in [3.8, 4) is 0 Å². The van der Waals surface area contributed by atoms with Crippen LogP contribution in [0.2, 0.25) is 0 Å². The minimum Gasteiger partial charge on any atom is -0.340 e. The minimum absolute atomic E-state index is 0.214. The fraction of sp³-hybridized carbons (Fsp3) is 0.667. The number of imidazole rings is 1. The first-order valence-electron chi connectivity index (χ1n) is 4.83. The molecule has 1 saturated heterocycles. The molecule has 0 aromatic carbocycles. The second-order valence-corrected chi connectivity index (χ2v) is 4.88. The summed E-state index contributed by atoms with van der Waals surface area (Å²) in [6.07, 6.45) is 5.09. The normalized spacial score (nSPS) is 24.0. The van der Waals surface area contributed by atoms with E-state index in [9.17, 15) is 0 Å². The molecule has 1 fully saturated rings. The van der Waals surface area contributed by atoms with Crippen molar-refractivity contribution in [2.75, 3.05) is 11.5 Å².